The fraction of sp³-hybridized carbons (Fsp3) is 0.434. The first kappa shape index (κ1) is 54.8. The molecule has 18 heteroatoms. The van der Waals surface area contributed by atoms with Crippen molar-refractivity contribution in [2.45, 2.75) is 109 Å². The monoisotopic (exact) mass is 1010 g/mol. The van der Waals surface area contributed by atoms with Gasteiger partial charge in [0.2, 0.25) is 5.95 Å². The quantitative estimate of drug-likeness (QED) is 0.0269. The van der Waals surface area contributed by atoms with Crippen LogP contribution >= 0.6 is 8.53 Å². The normalized spacial score (nSPS) is 17.9. The first-order chi connectivity index (χ1) is 33.8. The van der Waals surface area contributed by atoms with Crippen molar-refractivity contribution < 1.29 is 42.0 Å². The summed E-state index contributed by atoms with van der Waals surface area (Å²) in [6.45, 7) is 30.8. The van der Waals surface area contributed by atoms with E-state index in [4.69, 9.17) is 42.1 Å². The number of hydrogen-bond acceptors (Lipinski definition) is 13. The van der Waals surface area contributed by atoms with Crippen molar-refractivity contribution in [3.8, 4) is 11.5 Å². The summed E-state index contributed by atoms with van der Waals surface area (Å²) in [7, 11) is -1.26. The Morgan fingerprint density at radius 3 is 1.96 bits per heavy atom. The number of carbonyl (C=O) groups is 1. The van der Waals surface area contributed by atoms with Crippen molar-refractivity contribution in [1.82, 2.24) is 24.2 Å². The third kappa shape index (κ3) is 12.1. The Hall–Kier alpha value is -5.49. The van der Waals surface area contributed by atoms with Gasteiger partial charge in [0.05, 0.1) is 33.8 Å². The Balaban J connectivity index is 1.60. The number of H-pyrrole nitrogens is 1. The molecule has 1 N–H and O–H groups in total. The molecule has 3 aromatic carbocycles. The zero-order valence-electron chi connectivity index (χ0n) is 43.0. The maximum atomic E-state index is 13.9. The summed E-state index contributed by atoms with van der Waals surface area (Å²) >= 11 is 0. The molecule has 1 aliphatic heterocycles. The minimum atomic E-state index is -2.72. The van der Waals surface area contributed by atoms with Crippen molar-refractivity contribution in [3.63, 3.8) is 0 Å². The molecule has 382 valence electrons. The molecular formula is C53H71N6O10PSi. The van der Waals surface area contributed by atoms with Crippen molar-refractivity contribution >= 4 is 40.0 Å². The molecule has 5 aromatic rings. The number of amides is 1. The zero-order chi connectivity index (χ0) is 51.7. The molecule has 6 rings (SSSR count). The Morgan fingerprint density at radius 2 is 1.44 bits per heavy atom. The number of anilines is 1. The summed E-state index contributed by atoms with van der Waals surface area (Å²) in [5.74, 6) is 1.29. The molecule has 0 bridgehead atoms. The molecule has 1 unspecified atom stereocenters. The summed E-state index contributed by atoms with van der Waals surface area (Å²) in [5.41, 5.74) is 0.840. The van der Waals surface area contributed by atoms with Crippen LogP contribution < -0.4 is 19.9 Å². The average Bonchev–Trinajstić information content (AvgIpc) is 3.92. The lowest BCUT2D eigenvalue weighted by Crippen LogP contribution is -2.50. The number of imidazole rings is 1. The Morgan fingerprint density at radius 1 is 0.859 bits per heavy atom. The molecule has 0 spiro atoms. The van der Waals surface area contributed by atoms with E-state index < -0.39 is 58.6 Å². The standard InChI is InChI=1S/C53H71N6O10PSi/c1-15-31-57(51(61)64-32-16-2)50-55-47-44(48(60)56-50)54-35-58(47)49-46(69-71(13,14)52(8,9)10)45(68-70(66-33-17-3)59(36(4)5)37(6)7)43(67-49)34-65-53(38-21-19-18-20-22-38,39-23-27-41(62-11)28-24-39)40-25-29-42(63-12)30-26-40/h15-30,35-37,43,45-46,49H,1-3,31-34H2,4-14H3,(H,55,56,60)/t43-,45-,46-,49-,70?/m1/s1. The number of fused-ring (bicyclic) bond motifs is 1. The van der Waals surface area contributed by atoms with Gasteiger partial charge in [-0.15, -0.1) is 13.2 Å². The number of rotatable bonds is 24. The number of nitrogens with zero attached hydrogens (tertiary/aromatic N) is 5. The highest BCUT2D eigenvalue weighted by Crippen LogP contribution is 2.53. The van der Waals surface area contributed by atoms with Crippen molar-refractivity contribution in [2.75, 3.05) is 45.5 Å². The number of aromatic nitrogens is 4. The van der Waals surface area contributed by atoms with Crippen LogP contribution in [0.5, 0.6) is 11.5 Å². The van der Waals surface area contributed by atoms with Gasteiger partial charge in [-0.25, -0.2) is 19.3 Å². The van der Waals surface area contributed by atoms with Gasteiger partial charge in [-0.3, -0.25) is 14.3 Å². The van der Waals surface area contributed by atoms with Gasteiger partial charge in [-0.1, -0.05) is 100 Å². The van der Waals surface area contributed by atoms with E-state index in [1.807, 2.05) is 78.9 Å². The van der Waals surface area contributed by atoms with E-state index in [1.54, 1.807) is 24.9 Å². The summed E-state index contributed by atoms with van der Waals surface area (Å²) in [4.78, 5) is 40.7. The van der Waals surface area contributed by atoms with Gasteiger partial charge >= 0.3 is 6.09 Å². The van der Waals surface area contributed by atoms with Gasteiger partial charge in [0.15, 0.2) is 25.7 Å². The molecular weight excluding hydrogens is 940 g/mol. The molecule has 0 radical (unpaired) electrons. The van der Waals surface area contributed by atoms with Crippen LogP contribution in [0, 0.1) is 0 Å². The maximum absolute atomic E-state index is 13.9. The third-order valence-corrected chi connectivity index (χ3v) is 19.3. The van der Waals surface area contributed by atoms with E-state index in [1.165, 1.54) is 23.4 Å². The number of benzene rings is 3. The van der Waals surface area contributed by atoms with Crippen LogP contribution in [0.1, 0.15) is 71.4 Å². The van der Waals surface area contributed by atoms with Gasteiger partial charge in [0.1, 0.15) is 42.0 Å². The smallest absolute Gasteiger partial charge is 0.417 e. The molecule has 1 aliphatic rings. The minimum Gasteiger partial charge on any atom is -0.497 e. The fourth-order valence-electron chi connectivity index (χ4n) is 8.28. The van der Waals surface area contributed by atoms with E-state index in [9.17, 15) is 9.59 Å². The van der Waals surface area contributed by atoms with E-state index in [0.717, 1.165) is 16.7 Å². The lowest BCUT2D eigenvalue weighted by molar-refractivity contribution is -0.0926. The molecule has 5 atom stereocenters. The van der Waals surface area contributed by atoms with E-state index in [2.05, 4.69) is 95.9 Å². The fourth-order valence-corrected chi connectivity index (χ4v) is 11.3. The van der Waals surface area contributed by atoms with Gasteiger partial charge in [0, 0.05) is 18.6 Å². The molecule has 3 heterocycles. The second kappa shape index (κ2) is 23.8. The number of carbonyl (C=O) groups excluding carboxylic acids is 1. The summed E-state index contributed by atoms with van der Waals surface area (Å²) < 4.78 is 56.9. The summed E-state index contributed by atoms with van der Waals surface area (Å²) in [5, 5.41) is -0.273. The molecule has 1 amide bonds. The van der Waals surface area contributed by atoms with Crippen LogP contribution in [0.2, 0.25) is 18.1 Å². The lowest BCUT2D eigenvalue weighted by atomic mass is 9.80. The summed E-state index contributed by atoms with van der Waals surface area (Å²) in [6.07, 6.45) is 1.80. The summed E-state index contributed by atoms with van der Waals surface area (Å²) in [6, 6.07) is 25.7. The maximum Gasteiger partial charge on any atom is 0.417 e. The van der Waals surface area contributed by atoms with E-state index >= 15 is 0 Å². The molecule has 0 aliphatic carbocycles. The van der Waals surface area contributed by atoms with Crippen LogP contribution in [0.15, 0.2) is 128 Å². The highest BCUT2D eigenvalue weighted by Gasteiger charge is 2.54. The highest BCUT2D eigenvalue weighted by atomic mass is 31.2. The number of hydrogen-bond donors (Lipinski definition) is 1. The SMILES string of the molecule is C=CCOC(=O)N(CC=C)c1nc2c(ncn2[C@@H]2O[C@H](COC(c3ccccc3)(c3ccc(OC)cc3)c3ccc(OC)cc3)[C@@H](OP(OCC=C)N(C(C)C)C(C)C)[C@H]2O[Si](C)(C)C(C)(C)C)c(=O)[nH]1. The van der Waals surface area contributed by atoms with Crippen LogP contribution in [-0.2, 0) is 33.3 Å². The average molecular weight is 1010 g/mol. The van der Waals surface area contributed by atoms with Crippen LogP contribution in [0.4, 0.5) is 10.7 Å². The van der Waals surface area contributed by atoms with Gasteiger partial charge in [0.25, 0.3) is 14.1 Å². The van der Waals surface area contributed by atoms with Crippen LogP contribution in [-0.4, -0.2) is 110 Å². The molecule has 1 fully saturated rings. The lowest BCUT2D eigenvalue weighted by Gasteiger charge is -2.42. The zero-order valence-corrected chi connectivity index (χ0v) is 44.9. The molecule has 16 nitrogen and oxygen atoms in total. The Kier molecular flexibility index (Phi) is 18.4. The molecule has 0 saturated carbocycles. The third-order valence-electron chi connectivity index (χ3n) is 12.7. The Labute approximate surface area is 420 Å². The molecule has 71 heavy (non-hydrogen) atoms. The van der Waals surface area contributed by atoms with Gasteiger partial charge < -0.3 is 37.2 Å². The first-order valence-electron chi connectivity index (χ1n) is 23.8. The predicted octanol–water partition coefficient (Wildman–Crippen LogP) is 10.7. The van der Waals surface area contributed by atoms with Crippen molar-refractivity contribution in [3.05, 3.63) is 150 Å². The second-order valence-corrected chi connectivity index (χ2v) is 25.3. The van der Waals surface area contributed by atoms with E-state index in [-0.39, 0.29) is 60.6 Å². The highest BCUT2D eigenvalue weighted by molar-refractivity contribution is 7.44. The number of methoxy groups -OCH3 is 2. The Bertz CT molecular complexity index is 2560. The van der Waals surface area contributed by atoms with Crippen molar-refractivity contribution in [2.24, 2.45) is 0 Å². The first-order valence-corrected chi connectivity index (χ1v) is 27.8. The number of aromatic amines is 1. The van der Waals surface area contributed by atoms with Gasteiger partial charge in [-0.05, 0) is 86.8 Å². The number of ether oxygens (including phenoxy) is 5. The molecule has 2 aromatic heterocycles. The largest absolute Gasteiger partial charge is 0.497 e. The second-order valence-electron chi connectivity index (χ2n) is 19.2. The van der Waals surface area contributed by atoms with Crippen molar-refractivity contribution in [1.29, 1.82) is 0 Å². The van der Waals surface area contributed by atoms with Gasteiger partial charge in [-0.2, -0.15) is 4.98 Å². The number of nitrogens with one attached hydrogen (secondary N) is 1. The predicted molar refractivity (Wildman–Crippen MR) is 282 cm³/mol. The van der Waals surface area contributed by atoms with Crippen LogP contribution in [0.25, 0.3) is 11.2 Å². The minimum absolute atomic E-state index is 0.0120. The molecule has 1 saturated heterocycles. The van der Waals surface area contributed by atoms with E-state index in [0.29, 0.717) is 11.5 Å². The van der Waals surface area contributed by atoms with Crippen LogP contribution in [0.3, 0.4) is 0 Å². The topological polar surface area (TPSA) is 161 Å².